The number of halogens is 25. The van der Waals surface area contributed by atoms with Crippen LogP contribution in [0.1, 0.15) is 93.3 Å². The lowest BCUT2D eigenvalue weighted by molar-refractivity contribution is -0.636. The molecule has 0 spiro atoms. The number of hydrogen-bond acceptors (Lipinski definition) is 4. The predicted octanol–water partition coefficient (Wildman–Crippen LogP) is 11.9. The number of alkyl halides is 24. The van der Waals surface area contributed by atoms with Gasteiger partial charge < -0.3 is 8.83 Å². The van der Waals surface area contributed by atoms with E-state index in [-0.39, 0.29) is 23.4 Å². The van der Waals surface area contributed by atoms with Gasteiger partial charge in [-0.25, -0.2) is 0 Å². The van der Waals surface area contributed by atoms with Crippen LogP contribution in [-0.2, 0) is 49.4 Å². The summed E-state index contributed by atoms with van der Waals surface area (Å²) < 4.78 is 354. The number of Topliss-reactive ketones (excluding diaryl/α,β-unsaturated/α-hetero) is 2. The van der Waals surface area contributed by atoms with E-state index in [2.05, 4.69) is 0 Å². The molecule has 0 bridgehead atoms. The molecule has 0 atom stereocenters. The average molecular weight is 1260 g/mol. The summed E-state index contributed by atoms with van der Waals surface area (Å²) in [6.07, 6.45) is -54.8. The highest BCUT2D eigenvalue weighted by molar-refractivity contribution is 7.20. The molecule has 0 aliphatic carbocycles. The van der Waals surface area contributed by atoms with Crippen LogP contribution in [-0.4, -0.2) is 17.7 Å². The Morgan fingerprint density at radius 2 is 0.513 bits per heavy atom. The molecule has 6 rings (SSSR count). The summed E-state index contributed by atoms with van der Waals surface area (Å²) in [6.45, 7) is 7.37. The smallest absolute Gasteiger partial charge is 0.415 e. The largest absolute Gasteiger partial charge is 0.443 e. The van der Waals surface area contributed by atoms with Crippen LogP contribution in [0.3, 0.4) is 0 Å². The van der Waals surface area contributed by atoms with E-state index < -0.39 is 216 Å². The van der Waals surface area contributed by atoms with Crippen LogP contribution in [0, 0.1) is 19.4 Å². The number of furan rings is 2. The minimum absolute atomic E-state index is 0.000350. The van der Waals surface area contributed by atoms with Gasteiger partial charge >= 0.3 is 78.1 Å². The molecule has 4 nitrogen and oxygen atoms in total. The van der Waals surface area contributed by atoms with Crippen LogP contribution in [0.4, 0.5) is 105 Å². The van der Waals surface area contributed by atoms with Crippen molar-refractivity contribution in [3.8, 4) is 0 Å². The molecule has 0 saturated carbocycles. The van der Waals surface area contributed by atoms with Gasteiger partial charge in [-0.15, -0.1) is 0 Å². The highest BCUT2D eigenvalue weighted by Crippen LogP contribution is 2.41. The Kier molecular flexibility index (Phi) is 17.3. The van der Waals surface area contributed by atoms with Crippen molar-refractivity contribution in [1.82, 2.24) is 0 Å². The van der Waals surface area contributed by atoms with Crippen molar-refractivity contribution in [2.75, 3.05) is 0 Å². The van der Waals surface area contributed by atoms with E-state index in [0.29, 0.717) is 11.5 Å². The normalized spacial score (nSPS) is 13.5. The zero-order valence-corrected chi connectivity index (χ0v) is 41.2. The van der Waals surface area contributed by atoms with Crippen LogP contribution in [0.5, 0.6) is 0 Å². The first-order valence-corrected chi connectivity index (χ1v) is 23.6. The lowest BCUT2D eigenvalue weighted by Gasteiger charge is -2.46. The molecule has 0 aliphatic heterocycles. The van der Waals surface area contributed by atoms with Gasteiger partial charge in [0.15, 0.2) is 11.5 Å². The molecule has 0 saturated heterocycles. The van der Waals surface area contributed by atoms with Gasteiger partial charge in [0, 0.05) is 24.0 Å². The van der Waals surface area contributed by atoms with E-state index in [0.717, 1.165) is 7.53 Å². The summed E-state index contributed by atoms with van der Waals surface area (Å²) in [5.41, 5.74) is -30.2. The predicted molar refractivity (Wildman–Crippen MR) is 223 cm³/mol. The first-order chi connectivity index (χ1) is 35.1. The SMILES string of the molecule is CC(C)C(=O)c1ccc([I+]c2ccc(C(=O)C(C)C)o2)o1.FC(F)(F)c1cc([B-](c2cc(C(F)(F)F)cc(C(F)(F)F)c2)(c2cc(C(F)(F)F)cc(C(F)(F)F)c2)c2cc(C(F)(F)F)cc(C(F)(F)F)c2)cc(C(F)(F)F)c1. The van der Waals surface area contributed by atoms with Gasteiger partial charge in [-0.1, -0.05) is 76.2 Å². The zero-order valence-electron chi connectivity index (χ0n) is 39.1. The molecule has 0 amide bonds. The lowest BCUT2D eigenvalue weighted by Crippen LogP contribution is -3.61. The zero-order chi connectivity index (χ0) is 59.5. The summed E-state index contributed by atoms with van der Waals surface area (Å²) in [5, 5.41) is 0. The second-order valence-electron chi connectivity index (χ2n) is 17.6. The van der Waals surface area contributed by atoms with Gasteiger partial charge in [0.25, 0.3) is 0 Å². The maximum Gasteiger partial charge on any atom is 0.443 e. The van der Waals surface area contributed by atoms with Gasteiger partial charge in [-0.2, -0.15) is 127 Å². The summed E-state index contributed by atoms with van der Waals surface area (Å²) in [6, 6.07) is -1.76. The number of hydrogen-bond donors (Lipinski definition) is 0. The summed E-state index contributed by atoms with van der Waals surface area (Å²) in [7, 11) is 0. The standard InChI is InChI=1S/C32H12BF24.C16H18IO4/c34-25(35,36)13-1-14(26(37,38)39)6-21(5-13)33(22-7-15(27(40,41)42)2-16(8-22)28(43,44)45,23-9-17(29(46,47)48)3-18(10-23)30(49,50)51)24-11-19(31(52,53)54)4-20(12-24)32(55,56)57;1-9(2)15(18)11-5-7-13(20-11)17-14-8-6-12(21-14)16(19)10(3)4/h1-12H;5-10H,1-4H3/q-1;+1. The number of ketones is 2. The van der Waals surface area contributed by atoms with Crippen molar-refractivity contribution in [1.29, 1.82) is 0 Å². The third kappa shape index (κ3) is 14.4. The second-order valence-corrected chi connectivity index (χ2v) is 20.2. The fourth-order valence-corrected chi connectivity index (χ4v) is 9.66. The van der Waals surface area contributed by atoms with Crippen molar-refractivity contribution in [2.24, 2.45) is 11.8 Å². The Labute approximate surface area is 432 Å². The summed E-state index contributed by atoms with van der Waals surface area (Å²) in [5.74, 6) is 0.623. The molecular weight excluding hydrogens is 1230 g/mol. The third-order valence-electron chi connectivity index (χ3n) is 11.3. The molecule has 2 aromatic heterocycles. The fraction of sp³-hybridized carbons (Fsp3) is 0.292. The Bertz CT molecular complexity index is 2670. The maximum atomic E-state index is 14.2. The minimum atomic E-state index is -6.13. The minimum Gasteiger partial charge on any atom is -0.415 e. The molecular formula is C48H30BF24IO4. The van der Waals surface area contributed by atoms with Crippen molar-refractivity contribution in [3.63, 3.8) is 0 Å². The highest BCUT2D eigenvalue weighted by atomic mass is 127. The molecule has 0 fully saturated rings. The highest BCUT2D eigenvalue weighted by Gasteiger charge is 2.47. The average Bonchev–Trinajstić information content (AvgIpc) is 3.96. The number of carbonyl (C=O) groups is 2. The maximum absolute atomic E-state index is 14.2. The van der Waals surface area contributed by atoms with Gasteiger partial charge in [-0.05, 0) is 36.4 Å². The summed E-state index contributed by atoms with van der Waals surface area (Å²) >= 11 is -0.658. The van der Waals surface area contributed by atoms with Crippen LogP contribution in [0.25, 0.3) is 0 Å². The molecule has 6 aromatic rings. The Balaban J connectivity index is 0.000000443. The van der Waals surface area contributed by atoms with E-state index in [1.165, 1.54) is 0 Å². The van der Waals surface area contributed by atoms with Crippen molar-refractivity contribution >= 4 is 39.6 Å². The van der Waals surface area contributed by atoms with Gasteiger partial charge in [0.05, 0.1) is 44.5 Å². The molecule has 424 valence electrons. The number of benzene rings is 4. The number of carbonyl (C=O) groups excluding carboxylic acids is 2. The quantitative estimate of drug-likeness (QED) is 0.0593. The van der Waals surface area contributed by atoms with E-state index in [1.807, 2.05) is 39.8 Å². The molecule has 78 heavy (non-hydrogen) atoms. The first-order valence-electron chi connectivity index (χ1n) is 21.4. The molecule has 0 radical (unpaired) electrons. The lowest BCUT2D eigenvalue weighted by atomic mass is 9.12. The van der Waals surface area contributed by atoms with Crippen LogP contribution in [0.15, 0.2) is 106 Å². The molecule has 0 N–H and O–H groups in total. The topological polar surface area (TPSA) is 60.4 Å². The number of rotatable bonds is 10. The van der Waals surface area contributed by atoms with E-state index in [1.54, 1.807) is 12.1 Å². The van der Waals surface area contributed by atoms with E-state index in [4.69, 9.17) is 8.83 Å². The van der Waals surface area contributed by atoms with Crippen molar-refractivity contribution in [3.05, 3.63) is 161 Å². The molecule has 2 heterocycles. The third-order valence-corrected chi connectivity index (χ3v) is 13.5. The molecule has 0 unspecified atom stereocenters. The van der Waals surface area contributed by atoms with Gasteiger partial charge in [0.2, 0.25) is 11.6 Å². The molecule has 0 aliphatic rings. The van der Waals surface area contributed by atoms with E-state index in [9.17, 15) is 115 Å². The molecule has 30 heteroatoms. The summed E-state index contributed by atoms with van der Waals surface area (Å²) in [4.78, 5) is 23.7. The monoisotopic (exact) mass is 1260 g/mol. The molecule has 4 aromatic carbocycles. The Morgan fingerprint density at radius 3 is 0.667 bits per heavy atom. The van der Waals surface area contributed by atoms with Crippen LogP contribution in [0.2, 0.25) is 0 Å². The Morgan fingerprint density at radius 1 is 0.333 bits per heavy atom. The Hall–Kier alpha value is -6.11. The van der Waals surface area contributed by atoms with Crippen LogP contribution >= 0.6 is 0 Å². The first kappa shape index (κ1) is 62.7. The van der Waals surface area contributed by atoms with Gasteiger partial charge in [0.1, 0.15) is 6.15 Å². The van der Waals surface area contributed by atoms with Crippen LogP contribution < -0.4 is 43.1 Å². The van der Waals surface area contributed by atoms with Gasteiger partial charge in [-0.3, -0.25) is 9.59 Å². The van der Waals surface area contributed by atoms with Crippen molar-refractivity contribution < 1.29 is 145 Å². The second kappa shape index (κ2) is 21.5. The fourth-order valence-electron chi connectivity index (χ4n) is 7.73. The van der Waals surface area contributed by atoms with E-state index >= 15 is 0 Å². The van der Waals surface area contributed by atoms with Crippen molar-refractivity contribution in [2.45, 2.75) is 77.1 Å².